The molecule has 8 heteroatoms. The van der Waals surface area contributed by atoms with Gasteiger partial charge in [0, 0.05) is 19.2 Å². The molecule has 1 aromatic carbocycles. The number of hydrogen-bond donors (Lipinski definition) is 2. The second-order valence-electron chi connectivity index (χ2n) is 8.53. The number of guanidine groups is 1. The smallest absolute Gasteiger partial charge is 0.208 e. The number of benzene rings is 1. The third-order valence-corrected chi connectivity index (χ3v) is 6.13. The zero-order valence-corrected chi connectivity index (χ0v) is 22.5. The van der Waals surface area contributed by atoms with Crippen molar-refractivity contribution < 1.29 is 9.15 Å². The van der Waals surface area contributed by atoms with Crippen molar-refractivity contribution in [3.05, 3.63) is 46.7 Å². The van der Waals surface area contributed by atoms with E-state index in [1.54, 1.807) is 7.11 Å². The van der Waals surface area contributed by atoms with Gasteiger partial charge in [-0.25, -0.2) is 4.98 Å². The van der Waals surface area contributed by atoms with Gasteiger partial charge in [0.05, 0.1) is 25.4 Å². The summed E-state index contributed by atoms with van der Waals surface area (Å²) in [6, 6.07) is 6.35. The molecule has 1 unspecified atom stereocenters. The monoisotopic (exact) mass is 555 g/mol. The van der Waals surface area contributed by atoms with E-state index in [-0.39, 0.29) is 30.0 Å². The number of rotatable bonds is 7. The summed E-state index contributed by atoms with van der Waals surface area (Å²) in [7, 11) is 3.53. The highest BCUT2D eigenvalue weighted by molar-refractivity contribution is 14.0. The van der Waals surface area contributed by atoms with Gasteiger partial charge in [0.25, 0.3) is 0 Å². The molecule has 1 aliphatic rings. The number of aromatic nitrogens is 1. The molecule has 2 heterocycles. The third-order valence-electron chi connectivity index (χ3n) is 6.13. The van der Waals surface area contributed by atoms with Crippen LogP contribution in [0.2, 0.25) is 0 Å². The van der Waals surface area contributed by atoms with Crippen molar-refractivity contribution in [1.82, 2.24) is 20.5 Å². The lowest BCUT2D eigenvalue weighted by Crippen LogP contribution is -2.43. The summed E-state index contributed by atoms with van der Waals surface area (Å²) in [4.78, 5) is 11.4. The van der Waals surface area contributed by atoms with Crippen LogP contribution in [0.3, 0.4) is 0 Å². The maximum atomic E-state index is 5.74. The maximum Gasteiger partial charge on any atom is 0.208 e. The summed E-state index contributed by atoms with van der Waals surface area (Å²) < 4.78 is 11.3. The standard InChI is InChI=1S/C24H37N5O2.HI/c1-16-7-8-22(30-6)21(13-16)18(3)28-24(25-5)26-14-20-9-11-29(12-10-20)15-23-27-17(2)19(4)31-23;/h7-8,13,18,20H,9-12,14-15H2,1-6H3,(H2,25,26,28);1H. The first-order valence-electron chi connectivity index (χ1n) is 11.2. The highest BCUT2D eigenvalue weighted by Gasteiger charge is 2.21. The quantitative estimate of drug-likeness (QED) is 0.301. The van der Waals surface area contributed by atoms with E-state index in [4.69, 9.17) is 9.15 Å². The van der Waals surface area contributed by atoms with E-state index >= 15 is 0 Å². The van der Waals surface area contributed by atoms with Gasteiger partial charge in [0.15, 0.2) is 5.96 Å². The van der Waals surface area contributed by atoms with E-state index in [2.05, 4.69) is 51.5 Å². The number of piperidine rings is 1. The second-order valence-corrected chi connectivity index (χ2v) is 8.53. The Morgan fingerprint density at radius 2 is 2.00 bits per heavy atom. The molecule has 2 aromatic rings. The molecule has 0 saturated carbocycles. The molecule has 1 atom stereocenters. The van der Waals surface area contributed by atoms with Crippen molar-refractivity contribution in [2.24, 2.45) is 10.9 Å². The van der Waals surface area contributed by atoms with Crippen LogP contribution < -0.4 is 15.4 Å². The second kappa shape index (κ2) is 12.4. The predicted octanol–water partition coefficient (Wildman–Crippen LogP) is 4.36. The van der Waals surface area contributed by atoms with Crippen molar-refractivity contribution in [2.45, 2.75) is 53.1 Å². The summed E-state index contributed by atoms with van der Waals surface area (Å²) in [5.41, 5.74) is 3.34. The van der Waals surface area contributed by atoms with Crippen molar-refractivity contribution in [3.63, 3.8) is 0 Å². The zero-order chi connectivity index (χ0) is 22.4. The molecule has 1 fully saturated rings. The van der Waals surface area contributed by atoms with Crippen LogP contribution in [0.15, 0.2) is 27.6 Å². The SMILES string of the molecule is CN=C(NCC1CCN(Cc2nc(C)c(C)o2)CC1)NC(C)c1cc(C)ccc1OC.I. The molecule has 0 aliphatic carbocycles. The number of methoxy groups -OCH3 is 1. The summed E-state index contributed by atoms with van der Waals surface area (Å²) >= 11 is 0. The van der Waals surface area contributed by atoms with Crippen LogP contribution in [-0.2, 0) is 6.54 Å². The van der Waals surface area contributed by atoms with Gasteiger partial charge < -0.3 is 19.8 Å². The fraction of sp³-hybridized carbons (Fsp3) is 0.583. The lowest BCUT2D eigenvalue weighted by Gasteiger charge is -2.31. The van der Waals surface area contributed by atoms with Crippen molar-refractivity contribution >= 4 is 29.9 Å². The van der Waals surface area contributed by atoms with Crippen molar-refractivity contribution in [2.75, 3.05) is 33.8 Å². The zero-order valence-electron chi connectivity index (χ0n) is 20.2. The normalized spacial score (nSPS) is 16.4. The average Bonchev–Trinajstić information content (AvgIpc) is 3.08. The molecule has 0 bridgehead atoms. The predicted molar refractivity (Wildman–Crippen MR) is 140 cm³/mol. The van der Waals surface area contributed by atoms with Crippen molar-refractivity contribution in [1.29, 1.82) is 0 Å². The number of aryl methyl sites for hydroxylation is 3. The molecule has 0 spiro atoms. The largest absolute Gasteiger partial charge is 0.496 e. The van der Waals surface area contributed by atoms with E-state index in [9.17, 15) is 0 Å². The third kappa shape index (κ3) is 7.10. The Hall–Kier alpha value is -1.81. The molecule has 2 N–H and O–H groups in total. The lowest BCUT2D eigenvalue weighted by atomic mass is 9.97. The molecule has 7 nitrogen and oxygen atoms in total. The Labute approximate surface area is 209 Å². The first-order valence-corrected chi connectivity index (χ1v) is 11.2. The number of likely N-dealkylation sites (tertiary alicyclic amines) is 1. The van der Waals surface area contributed by atoms with Crippen LogP contribution in [-0.4, -0.2) is 49.6 Å². The molecular weight excluding hydrogens is 517 g/mol. The van der Waals surface area contributed by atoms with Gasteiger partial charge >= 0.3 is 0 Å². The average molecular weight is 556 g/mol. The number of halogens is 1. The summed E-state index contributed by atoms with van der Waals surface area (Å²) in [6.07, 6.45) is 2.31. The molecule has 0 amide bonds. The fourth-order valence-electron chi connectivity index (χ4n) is 4.06. The molecular formula is C24H38IN5O2. The van der Waals surface area contributed by atoms with Crippen LogP contribution in [0, 0.1) is 26.7 Å². The first kappa shape index (κ1) is 26.4. The number of aliphatic imine (C=N–C) groups is 1. The van der Waals surface area contributed by atoms with Crippen LogP contribution in [0.5, 0.6) is 5.75 Å². The Balaban J connectivity index is 0.00000363. The van der Waals surface area contributed by atoms with Gasteiger partial charge in [0.1, 0.15) is 11.5 Å². The van der Waals surface area contributed by atoms with Gasteiger partial charge in [0.2, 0.25) is 5.89 Å². The Morgan fingerprint density at radius 3 is 2.59 bits per heavy atom. The highest BCUT2D eigenvalue weighted by Crippen LogP contribution is 2.26. The molecule has 32 heavy (non-hydrogen) atoms. The number of ether oxygens (including phenoxy) is 1. The molecule has 1 aromatic heterocycles. The maximum absolute atomic E-state index is 5.74. The van der Waals surface area contributed by atoms with E-state index in [0.717, 1.165) is 73.6 Å². The fourth-order valence-corrected chi connectivity index (χ4v) is 4.06. The van der Waals surface area contributed by atoms with Gasteiger partial charge in [-0.15, -0.1) is 24.0 Å². The van der Waals surface area contributed by atoms with Crippen LogP contribution in [0.1, 0.15) is 54.3 Å². The molecule has 3 rings (SSSR count). The minimum absolute atomic E-state index is 0. The summed E-state index contributed by atoms with van der Waals surface area (Å²) in [6.45, 7) is 12.0. The summed E-state index contributed by atoms with van der Waals surface area (Å²) in [5.74, 6) is 4.10. The number of nitrogens with one attached hydrogen (secondary N) is 2. The van der Waals surface area contributed by atoms with Crippen LogP contribution in [0.25, 0.3) is 0 Å². The first-order chi connectivity index (χ1) is 14.9. The van der Waals surface area contributed by atoms with E-state index < -0.39 is 0 Å². The number of hydrogen-bond acceptors (Lipinski definition) is 5. The number of nitrogens with zero attached hydrogens (tertiary/aromatic N) is 3. The number of oxazole rings is 1. The molecule has 1 saturated heterocycles. The van der Waals surface area contributed by atoms with Gasteiger partial charge in [-0.05, 0) is 65.6 Å². The lowest BCUT2D eigenvalue weighted by molar-refractivity contribution is 0.164. The Bertz CT molecular complexity index is 871. The van der Waals surface area contributed by atoms with E-state index in [1.165, 1.54) is 5.56 Å². The van der Waals surface area contributed by atoms with Gasteiger partial charge in [-0.1, -0.05) is 17.7 Å². The summed E-state index contributed by atoms with van der Waals surface area (Å²) in [5, 5.41) is 7.02. The Kier molecular flexibility index (Phi) is 10.3. The van der Waals surface area contributed by atoms with Gasteiger partial charge in [-0.3, -0.25) is 9.89 Å². The minimum atomic E-state index is 0. The van der Waals surface area contributed by atoms with Crippen molar-refractivity contribution in [3.8, 4) is 5.75 Å². The van der Waals surface area contributed by atoms with Crippen LogP contribution in [0.4, 0.5) is 0 Å². The van der Waals surface area contributed by atoms with E-state index in [0.29, 0.717) is 5.92 Å². The van der Waals surface area contributed by atoms with Crippen LogP contribution >= 0.6 is 24.0 Å². The molecule has 0 radical (unpaired) electrons. The molecule has 1 aliphatic heterocycles. The Morgan fingerprint density at radius 1 is 1.28 bits per heavy atom. The minimum Gasteiger partial charge on any atom is -0.496 e. The highest BCUT2D eigenvalue weighted by atomic mass is 127. The topological polar surface area (TPSA) is 74.9 Å². The van der Waals surface area contributed by atoms with E-state index in [1.807, 2.05) is 27.0 Å². The van der Waals surface area contributed by atoms with Gasteiger partial charge in [-0.2, -0.15) is 0 Å². The molecule has 178 valence electrons.